The quantitative estimate of drug-likeness (QED) is 0.794. The molecule has 1 atom stereocenters. The van der Waals surface area contributed by atoms with Gasteiger partial charge >= 0.3 is 5.97 Å². The van der Waals surface area contributed by atoms with E-state index in [0.29, 0.717) is 31.8 Å². The van der Waals surface area contributed by atoms with Crippen LogP contribution in [-0.2, 0) is 14.3 Å². The van der Waals surface area contributed by atoms with Gasteiger partial charge in [0.2, 0.25) is 5.91 Å². The molecule has 0 spiro atoms. The summed E-state index contributed by atoms with van der Waals surface area (Å²) in [4.78, 5) is 25.8. The van der Waals surface area contributed by atoms with Gasteiger partial charge < -0.3 is 15.0 Å². The van der Waals surface area contributed by atoms with E-state index in [1.165, 1.54) is 12.1 Å². The van der Waals surface area contributed by atoms with Crippen LogP contribution in [0.2, 0.25) is 0 Å². The molecule has 1 heterocycles. The van der Waals surface area contributed by atoms with Crippen molar-refractivity contribution >= 4 is 30.0 Å². The molecule has 1 aromatic rings. The van der Waals surface area contributed by atoms with Crippen LogP contribution >= 0.6 is 12.4 Å². The predicted octanol–water partition coefficient (Wildman–Crippen LogP) is 2.85. The van der Waals surface area contributed by atoms with Crippen LogP contribution < -0.4 is 5.32 Å². The van der Waals surface area contributed by atoms with Gasteiger partial charge in [-0.15, -0.1) is 12.4 Å². The van der Waals surface area contributed by atoms with Crippen molar-refractivity contribution in [2.24, 2.45) is 5.92 Å². The number of nitrogens with one attached hydrogen (secondary N) is 1. The number of anilines is 1. The van der Waals surface area contributed by atoms with Crippen LogP contribution in [0.3, 0.4) is 0 Å². The van der Waals surface area contributed by atoms with Gasteiger partial charge in [-0.1, -0.05) is 6.07 Å². The molecule has 0 radical (unpaired) electrons. The molecular formula is C17H24ClFN2O3. The fourth-order valence-corrected chi connectivity index (χ4v) is 2.76. The summed E-state index contributed by atoms with van der Waals surface area (Å²) in [6.07, 6.45) is 2.08. The molecule has 1 N–H and O–H groups in total. The molecule has 1 aliphatic rings. The third kappa shape index (κ3) is 6.45. The summed E-state index contributed by atoms with van der Waals surface area (Å²) in [5, 5.41) is 2.68. The van der Waals surface area contributed by atoms with Crippen molar-refractivity contribution in [1.29, 1.82) is 0 Å². The maximum atomic E-state index is 13.1. The second-order valence-corrected chi connectivity index (χ2v) is 5.70. The Kier molecular flexibility index (Phi) is 8.71. The van der Waals surface area contributed by atoms with E-state index in [1.54, 1.807) is 19.1 Å². The summed E-state index contributed by atoms with van der Waals surface area (Å²) >= 11 is 0. The number of benzene rings is 1. The number of halogens is 2. The molecule has 1 amide bonds. The van der Waals surface area contributed by atoms with Gasteiger partial charge in [0.15, 0.2) is 0 Å². The highest BCUT2D eigenvalue weighted by molar-refractivity contribution is 5.90. The molecule has 0 saturated carbocycles. The van der Waals surface area contributed by atoms with E-state index < -0.39 is 0 Å². The van der Waals surface area contributed by atoms with Crippen LogP contribution in [0.1, 0.15) is 26.2 Å². The Morgan fingerprint density at radius 3 is 2.92 bits per heavy atom. The number of hydrogen-bond acceptors (Lipinski definition) is 4. The van der Waals surface area contributed by atoms with Gasteiger partial charge in [0.05, 0.1) is 12.5 Å². The lowest BCUT2D eigenvalue weighted by Gasteiger charge is -2.31. The van der Waals surface area contributed by atoms with Gasteiger partial charge in [-0.25, -0.2) is 4.39 Å². The molecular weight excluding hydrogens is 335 g/mol. The van der Waals surface area contributed by atoms with E-state index in [9.17, 15) is 14.0 Å². The summed E-state index contributed by atoms with van der Waals surface area (Å²) in [6, 6.07) is 5.83. The van der Waals surface area contributed by atoms with Crippen LogP contribution in [0.4, 0.5) is 10.1 Å². The summed E-state index contributed by atoms with van der Waals surface area (Å²) in [5.74, 6) is -0.790. The fraction of sp³-hybridized carbons (Fsp3) is 0.529. The van der Waals surface area contributed by atoms with Gasteiger partial charge in [-0.2, -0.15) is 0 Å². The van der Waals surface area contributed by atoms with Crippen LogP contribution in [0.5, 0.6) is 0 Å². The molecule has 134 valence electrons. The van der Waals surface area contributed by atoms with Crippen molar-refractivity contribution in [2.75, 3.05) is 31.6 Å². The number of likely N-dealkylation sites (tertiary alicyclic amines) is 1. The monoisotopic (exact) mass is 358 g/mol. The maximum Gasteiger partial charge on any atom is 0.310 e. The molecule has 0 bridgehead atoms. The highest BCUT2D eigenvalue weighted by atomic mass is 35.5. The minimum Gasteiger partial charge on any atom is -0.466 e. The van der Waals surface area contributed by atoms with Crippen LogP contribution in [-0.4, -0.2) is 43.0 Å². The molecule has 1 aromatic carbocycles. The van der Waals surface area contributed by atoms with Gasteiger partial charge in [0.1, 0.15) is 5.82 Å². The number of hydrogen-bond donors (Lipinski definition) is 1. The fourth-order valence-electron chi connectivity index (χ4n) is 2.76. The maximum absolute atomic E-state index is 13.1. The average molecular weight is 359 g/mol. The van der Waals surface area contributed by atoms with Gasteiger partial charge in [0.25, 0.3) is 0 Å². The second kappa shape index (κ2) is 10.3. The summed E-state index contributed by atoms with van der Waals surface area (Å²) in [7, 11) is 0. The zero-order valence-electron chi connectivity index (χ0n) is 13.8. The van der Waals surface area contributed by atoms with E-state index >= 15 is 0 Å². The van der Waals surface area contributed by atoms with Crippen molar-refractivity contribution in [3.05, 3.63) is 30.1 Å². The average Bonchev–Trinajstić information content (AvgIpc) is 2.53. The second-order valence-electron chi connectivity index (χ2n) is 5.70. The third-order valence-corrected chi connectivity index (χ3v) is 3.89. The van der Waals surface area contributed by atoms with E-state index in [4.69, 9.17) is 4.74 Å². The predicted molar refractivity (Wildman–Crippen MR) is 92.7 cm³/mol. The SMILES string of the molecule is CCOC(=O)C1CCCN(CCC(=O)Nc2cccc(F)c2)C1.Cl. The molecule has 0 aromatic heterocycles. The van der Waals surface area contributed by atoms with Crippen molar-refractivity contribution in [1.82, 2.24) is 4.90 Å². The molecule has 7 heteroatoms. The molecule has 1 fully saturated rings. The Morgan fingerprint density at radius 2 is 2.21 bits per heavy atom. The normalized spacial score (nSPS) is 17.7. The third-order valence-electron chi connectivity index (χ3n) is 3.89. The molecule has 24 heavy (non-hydrogen) atoms. The molecule has 2 rings (SSSR count). The zero-order chi connectivity index (χ0) is 16.7. The van der Waals surface area contributed by atoms with Crippen molar-refractivity contribution < 1.29 is 18.7 Å². The first-order chi connectivity index (χ1) is 11.1. The van der Waals surface area contributed by atoms with Gasteiger partial charge in [-0.05, 0) is 44.5 Å². The van der Waals surface area contributed by atoms with E-state index in [0.717, 1.165) is 19.4 Å². The van der Waals surface area contributed by atoms with Crippen molar-refractivity contribution in [3.8, 4) is 0 Å². The Bertz CT molecular complexity index is 556. The van der Waals surface area contributed by atoms with E-state index in [2.05, 4.69) is 10.2 Å². The molecule has 1 saturated heterocycles. The lowest BCUT2D eigenvalue weighted by Crippen LogP contribution is -2.40. The number of rotatable bonds is 6. The highest BCUT2D eigenvalue weighted by Gasteiger charge is 2.26. The first-order valence-electron chi connectivity index (χ1n) is 8.03. The van der Waals surface area contributed by atoms with Crippen LogP contribution in [0, 0.1) is 11.7 Å². The summed E-state index contributed by atoms with van der Waals surface area (Å²) in [6.45, 7) is 4.28. The van der Waals surface area contributed by atoms with Gasteiger partial charge in [-0.3, -0.25) is 9.59 Å². The first-order valence-corrected chi connectivity index (χ1v) is 8.03. The Hall–Kier alpha value is -1.66. The van der Waals surface area contributed by atoms with E-state index in [1.807, 2.05) is 0 Å². The Labute approximate surface area is 148 Å². The van der Waals surface area contributed by atoms with Crippen LogP contribution in [0.15, 0.2) is 24.3 Å². The molecule has 0 aliphatic carbocycles. The highest BCUT2D eigenvalue weighted by Crippen LogP contribution is 2.18. The summed E-state index contributed by atoms with van der Waals surface area (Å²) < 4.78 is 18.1. The zero-order valence-corrected chi connectivity index (χ0v) is 14.6. The minimum absolute atomic E-state index is 0. The standard InChI is InChI=1S/C17H23FN2O3.ClH/c1-2-23-17(22)13-5-4-9-20(12-13)10-8-16(21)19-15-7-3-6-14(18)11-15;/h3,6-7,11,13H,2,4-5,8-10,12H2,1H3,(H,19,21);1H. The van der Waals surface area contributed by atoms with E-state index in [-0.39, 0.29) is 36.0 Å². The summed E-state index contributed by atoms with van der Waals surface area (Å²) in [5.41, 5.74) is 0.457. The number of ether oxygens (including phenoxy) is 1. The minimum atomic E-state index is -0.379. The number of carbonyl (C=O) groups excluding carboxylic acids is 2. The number of carbonyl (C=O) groups is 2. The lowest BCUT2D eigenvalue weighted by molar-refractivity contribution is -0.149. The van der Waals surface area contributed by atoms with Crippen LogP contribution in [0.25, 0.3) is 0 Å². The molecule has 1 aliphatic heterocycles. The number of nitrogens with zero attached hydrogens (tertiary/aromatic N) is 1. The van der Waals surface area contributed by atoms with Crippen molar-refractivity contribution in [2.45, 2.75) is 26.2 Å². The topological polar surface area (TPSA) is 58.6 Å². The lowest BCUT2D eigenvalue weighted by atomic mass is 9.98. The van der Waals surface area contributed by atoms with Crippen molar-refractivity contribution in [3.63, 3.8) is 0 Å². The molecule has 5 nitrogen and oxygen atoms in total. The number of piperidine rings is 1. The number of amides is 1. The van der Waals surface area contributed by atoms with Gasteiger partial charge in [0, 0.05) is 25.2 Å². The Balaban J connectivity index is 0.00000288. The smallest absolute Gasteiger partial charge is 0.310 e. The largest absolute Gasteiger partial charge is 0.466 e. The first kappa shape index (κ1) is 20.4. The number of esters is 1. The Morgan fingerprint density at radius 1 is 1.42 bits per heavy atom. The molecule has 1 unspecified atom stereocenters.